The van der Waals surface area contributed by atoms with E-state index < -0.39 is 20.0 Å². The first kappa shape index (κ1) is 75.6. The first-order valence-electron chi connectivity index (χ1n) is 32.0. The van der Waals surface area contributed by atoms with Gasteiger partial charge in [-0.2, -0.15) is 0 Å². The second kappa shape index (κ2) is 59.3. The van der Waals surface area contributed by atoms with Gasteiger partial charge in [0.25, 0.3) is 7.82 Å². The summed E-state index contributed by atoms with van der Waals surface area (Å²) in [6, 6.07) is -0.901. The van der Waals surface area contributed by atoms with Crippen molar-refractivity contribution >= 4 is 13.7 Å². The Morgan fingerprint density at radius 2 is 0.772 bits per heavy atom. The molecule has 0 aliphatic heterocycles. The van der Waals surface area contributed by atoms with Gasteiger partial charge < -0.3 is 28.8 Å². The van der Waals surface area contributed by atoms with E-state index in [0.29, 0.717) is 17.4 Å². The van der Waals surface area contributed by atoms with Crippen LogP contribution in [-0.2, 0) is 18.4 Å². The van der Waals surface area contributed by atoms with Gasteiger partial charge in [-0.3, -0.25) is 9.36 Å². The molecule has 9 heteroatoms. The lowest BCUT2D eigenvalue weighted by Crippen LogP contribution is -2.45. The zero-order chi connectivity index (χ0) is 57.7. The highest BCUT2D eigenvalue weighted by Crippen LogP contribution is 2.38. The molecule has 0 heterocycles. The lowest BCUT2D eigenvalue weighted by atomic mass is 10.0. The smallest absolute Gasteiger partial charge is 0.268 e. The first-order chi connectivity index (χ1) is 38.5. The van der Waals surface area contributed by atoms with Gasteiger partial charge >= 0.3 is 0 Å². The average molecular weight is 1120 g/mol. The number of carbonyl (C=O) groups excluding carboxylic acids is 1. The highest BCUT2D eigenvalue weighted by Gasteiger charge is 2.23. The first-order valence-corrected chi connectivity index (χ1v) is 33.5. The highest BCUT2D eigenvalue weighted by atomic mass is 31.2. The van der Waals surface area contributed by atoms with E-state index in [1.165, 1.54) is 116 Å². The molecule has 0 saturated carbocycles. The Hall–Kier alpha value is -3.36. The van der Waals surface area contributed by atoms with E-state index in [4.69, 9.17) is 9.05 Å². The molecule has 8 nitrogen and oxygen atoms in total. The Bertz CT molecular complexity index is 1750. The van der Waals surface area contributed by atoms with Crippen molar-refractivity contribution in [2.75, 3.05) is 40.9 Å². The van der Waals surface area contributed by atoms with Gasteiger partial charge in [0.15, 0.2) is 0 Å². The fourth-order valence-electron chi connectivity index (χ4n) is 8.65. The van der Waals surface area contributed by atoms with Crippen molar-refractivity contribution < 1.29 is 32.9 Å². The Kier molecular flexibility index (Phi) is 56.7. The highest BCUT2D eigenvalue weighted by molar-refractivity contribution is 7.45. The lowest BCUT2D eigenvalue weighted by molar-refractivity contribution is -0.870. The summed E-state index contributed by atoms with van der Waals surface area (Å²) in [5.74, 6) is -0.210. The summed E-state index contributed by atoms with van der Waals surface area (Å²) < 4.78 is 23.4. The van der Waals surface area contributed by atoms with E-state index >= 15 is 0 Å². The molecule has 0 aromatic carbocycles. The maximum absolute atomic E-state index is 13.0. The summed E-state index contributed by atoms with van der Waals surface area (Å²) in [7, 11) is 1.24. The van der Waals surface area contributed by atoms with Crippen molar-refractivity contribution in [1.29, 1.82) is 0 Å². The van der Waals surface area contributed by atoms with E-state index in [1.54, 1.807) is 6.08 Å². The summed E-state index contributed by atoms with van der Waals surface area (Å²) in [6.07, 6.45) is 89.6. The molecule has 3 unspecified atom stereocenters. The number of aliphatic hydroxyl groups excluding tert-OH is 1. The number of allylic oxidation sites excluding steroid dienone is 21. The molecule has 0 rings (SSSR count). The molecule has 0 aliphatic carbocycles. The number of quaternary nitrogens is 1. The molecule has 0 fully saturated rings. The van der Waals surface area contributed by atoms with Crippen molar-refractivity contribution in [3.05, 3.63) is 134 Å². The molecular formula is C70H121N2O6P. The molecule has 1 amide bonds. The molecule has 2 N–H and O–H groups in total. The predicted octanol–water partition coefficient (Wildman–Crippen LogP) is 19.6. The summed E-state index contributed by atoms with van der Waals surface area (Å²) >= 11 is 0. The molecule has 79 heavy (non-hydrogen) atoms. The molecule has 0 aromatic heterocycles. The fourth-order valence-corrected chi connectivity index (χ4v) is 9.38. The number of rotatable bonds is 57. The van der Waals surface area contributed by atoms with Crippen LogP contribution in [0.2, 0.25) is 0 Å². The summed E-state index contributed by atoms with van der Waals surface area (Å²) in [5, 5.41) is 13.9. The SMILES string of the molecule is CC/C=C\C/C=C\C/C=C\C/C=C\C/C=C\C/C=C\C/C=C\C/C=C\C/C=C\C/C=C\CCCCCCCCCCC(=O)NC(COP(=O)([O-])OCC[N+](C)(C)C)C(O)/C=C/CCCCCCCCCCCCCCCCCC. The van der Waals surface area contributed by atoms with Crippen molar-refractivity contribution in [1.82, 2.24) is 5.32 Å². The van der Waals surface area contributed by atoms with Crippen LogP contribution in [0.4, 0.5) is 0 Å². The normalized spacial score (nSPS) is 14.7. The van der Waals surface area contributed by atoms with Crippen LogP contribution in [0, 0.1) is 0 Å². The molecule has 0 saturated heterocycles. The quantitative estimate of drug-likeness (QED) is 0.0272. The van der Waals surface area contributed by atoms with Crippen LogP contribution >= 0.6 is 7.82 Å². The summed E-state index contributed by atoms with van der Waals surface area (Å²) in [5.41, 5.74) is 0. The van der Waals surface area contributed by atoms with Crippen LogP contribution in [0.3, 0.4) is 0 Å². The number of aliphatic hydroxyl groups is 1. The lowest BCUT2D eigenvalue weighted by Gasteiger charge is -2.29. The molecule has 452 valence electrons. The van der Waals surface area contributed by atoms with Crippen LogP contribution in [0.25, 0.3) is 0 Å². The number of phosphoric ester groups is 1. The Morgan fingerprint density at radius 1 is 0.456 bits per heavy atom. The number of phosphoric acid groups is 1. The Balaban J connectivity index is 4.16. The van der Waals surface area contributed by atoms with Crippen LogP contribution < -0.4 is 10.2 Å². The van der Waals surface area contributed by atoms with Gasteiger partial charge in [-0.25, -0.2) is 0 Å². The van der Waals surface area contributed by atoms with Crippen LogP contribution in [0.5, 0.6) is 0 Å². The van der Waals surface area contributed by atoms with E-state index in [-0.39, 0.29) is 19.1 Å². The number of nitrogens with zero attached hydrogens (tertiary/aromatic N) is 1. The van der Waals surface area contributed by atoms with Crippen molar-refractivity contribution in [2.24, 2.45) is 0 Å². The molecule has 0 aromatic rings. The molecule has 0 radical (unpaired) electrons. The standard InChI is InChI=1S/C70H121N2O6P/c1-6-8-10-12-14-16-18-20-22-24-26-27-28-29-30-31-32-33-34-35-36-37-38-39-40-41-42-43-44-45-46-48-50-52-54-56-58-60-62-64-70(74)71-68(67-78-79(75,76)77-66-65-72(3,4)5)69(73)63-61-59-57-55-53-51-49-47-25-23-21-19-17-15-13-11-9-7-2/h8,10,14,16,20,22,26-27,29-30,32-33,35-36,38-39,41-42,44-45,61,63,68-69,73H,6-7,9,11-13,15,17-19,21,23-25,28,31,34,37,40,43,46-60,62,64-67H2,1-5H3,(H-,71,74,75,76)/b10-8-,16-14-,22-20-,27-26-,30-29-,33-32-,36-35-,39-38-,42-41-,45-44-,63-61+. The molecular weight excluding hydrogens is 996 g/mol. The number of amides is 1. The van der Waals surface area contributed by atoms with E-state index in [1.807, 2.05) is 27.2 Å². The van der Waals surface area contributed by atoms with E-state index in [9.17, 15) is 19.4 Å². The fraction of sp³-hybridized carbons (Fsp3) is 0.671. The molecule has 0 bridgehead atoms. The van der Waals surface area contributed by atoms with Crippen molar-refractivity contribution in [3.63, 3.8) is 0 Å². The van der Waals surface area contributed by atoms with Crippen molar-refractivity contribution in [3.8, 4) is 0 Å². The average Bonchev–Trinajstić information content (AvgIpc) is 3.42. The number of unbranched alkanes of at least 4 members (excludes halogenated alkanes) is 24. The Morgan fingerprint density at radius 3 is 1.13 bits per heavy atom. The largest absolute Gasteiger partial charge is 0.756 e. The van der Waals surface area contributed by atoms with Gasteiger partial charge in [-0.15, -0.1) is 0 Å². The van der Waals surface area contributed by atoms with Gasteiger partial charge in [0, 0.05) is 6.42 Å². The van der Waals surface area contributed by atoms with Gasteiger partial charge in [0.05, 0.1) is 39.9 Å². The van der Waals surface area contributed by atoms with Crippen LogP contribution in [0.1, 0.15) is 251 Å². The van der Waals surface area contributed by atoms with Crippen LogP contribution in [0.15, 0.2) is 134 Å². The Labute approximate surface area is 487 Å². The predicted molar refractivity (Wildman–Crippen MR) is 343 cm³/mol. The maximum atomic E-state index is 13.0. The zero-order valence-corrected chi connectivity index (χ0v) is 52.4. The number of hydrogen-bond donors (Lipinski definition) is 2. The van der Waals surface area contributed by atoms with Crippen molar-refractivity contribution in [2.45, 2.75) is 264 Å². The number of nitrogens with one attached hydrogen (secondary N) is 1. The minimum atomic E-state index is -4.61. The van der Waals surface area contributed by atoms with Gasteiger partial charge in [0.2, 0.25) is 5.91 Å². The van der Waals surface area contributed by atoms with E-state index in [2.05, 4.69) is 141 Å². The maximum Gasteiger partial charge on any atom is 0.268 e. The summed E-state index contributed by atoms with van der Waals surface area (Å²) in [6.45, 7) is 4.53. The third-order valence-electron chi connectivity index (χ3n) is 13.6. The van der Waals surface area contributed by atoms with Gasteiger partial charge in [-0.1, -0.05) is 282 Å². The number of hydrogen-bond acceptors (Lipinski definition) is 6. The second-order valence-corrected chi connectivity index (χ2v) is 23.8. The molecule has 0 spiro atoms. The zero-order valence-electron chi connectivity index (χ0n) is 51.5. The minimum Gasteiger partial charge on any atom is -0.756 e. The third kappa shape index (κ3) is 62.1. The number of carbonyl (C=O) groups is 1. The van der Waals surface area contributed by atoms with Gasteiger partial charge in [0.1, 0.15) is 13.2 Å². The monoisotopic (exact) mass is 1120 g/mol. The minimum absolute atomic E-state index is 0.00871. The topological polar surface area (TPSA) is 108 Å². The third-order valence-corrected chi connectivity index (χ3v) is 14.6. The van der Waals surface area contributed by atoms with Gasteiger partial charge in [-0.05, 0) is 96.3 Å². The summed E-state index contributed by atoms with van der Waals surface area (Å²) in [4.78, 5) is 25.6. The van der Waals surface area contributed by atoms with E-state index in [0.717, 1.165) is 116 Å². The van der Waals surface area contributed by atoms with Crippen LogP contribution in [-0.4, -0.2) is 68.5 Å². The second-order valence-electron chi connectivity index (χ2n) is 22.4. The molecule has 0 aliphatic rings. The number of likely N-dealkylation sites (N-methyl/N-ethyl adjacent to an activating group) is 1. The molecule has 3 atom stereocenters.